The Kier molecular flexibility index (Phi) is 4.31. The summed E-state index contributed by atoms with van der Waals surface area (Å²) in [7, 11) is 0. The van der Waals surface area contributed by atoms with E-state index in [1.807, 2.05) is 18.2 Å². The van der Waals surface area contributed by atoms with E-state index in [1.165, 1.54) is 5.56 Å². The summed E-state index contributed by atoms with van der Waals surface area (Å²) in [6, 6.07) is 10.3. The minimum absolute atomic E-state index is 0.0389. The first-order valence-corrected chi connectivity index (χ1v) is 7.39. The lowest BCUT2D eigenvalue weighted by molar-refractivity contribution is 0.0930. The molecule has 1 aromatic carbocycles. The average Bonchev–Trinajstić information content (AvgIpc) is 2.98. The number of piperidine rings is 1. The minimum atomic E-state index is -0.0389. The zero-order valence-electron chi connectivity index (χ0n) is 12.0. The second-order valence-electron chi connectivity index (χ2n) is 5.43. The molecule has 0 aliphatic carbocycles. The molecule has 0 unspecified atom stereocenters. The van der Waals surface area contributed by atoms with E-state index < -0.39 is 0 Å². The maximum atomic E-state index is 12.2. The lowest BCUT2D eigenvalue weighted by Gasteiger charge is -2.23. The van der Waals surface area contributed by atoms with Crippen molar-refractivity contribution in [2.45, 2.75) is 25.4 Å². The number of hydrogen-bond acceptors (Lipinski definition) is 3. The van der Waals surface area contributed by atoms with Gasteiger partial charge in [-0.15, -0.1) is 0 Å². The first-order chi connectivity index (χ1) is 10.3. The summed E-state index contributed by atoms with van der Waals surface area (Å²) >= 11 is 0. The molecule has 2 N–H and O–H groups in total. The highest BCUT2D eigenvalue weighted by Gasteiger charge is 2.17. The summed E-state index contributed by atoms with van der Waals surface area (Å²) in [5, 5.41) is 10.6. The third-order valence-corrected chi connectivity index (χ3v) is 3.71. The average molecular weight is 284 g/mol. The van der Waals surface area contributed by atoms with E-state index in [1.54, 1.807) is 17.1 Å². The quantitative estimate of drug-likeness (QED) is 0.892. The van der Waals surface area contributed by atoms with Crippen LogP contribution in [0, 0.1) is 0 Å². The second-order valence-corrected chi connectivity index (χ2v) is 5.43. The number of amides is 1. The topological polar surface area (TPSA) is 59.0 Å². The zero-order chi connectivity index (χ0) is 14.5. The van der Waals surface area contributed by atoms with Gasteiger partial charge in [0.2, 0.25) is 0 Å². The summed E-state index contributed by atoms with van der Waals surface area (Å²) in [6.07, 6.45) is 5.59. The van der Waals surface area contributed by atoms with Gasteiger partial charge in [0.15, 0.2) is 0 Å². The van der Waals surface area contributed by atoms with Crippen molar-refractivity contribution in [1.82, 2.24) is 20.4 Å². The molecule has 110 valence electrons. The molecule has 1 aliphatic rings. The monoisotopic (exact) mass is 284 g/mol. The van der Waals surface area contributed by atoms with Gasteiger partial charge in [0.25, 0.3) is 5.91 Å². The molecular formula is C16H20N4O. The highest BCUT2D eigenvalue weighted by molar-refractivity contribution is 5.93. The fraction of sp³-hybridized carbons (Fsp3) is 0.375. The Labute approximate surface area is 124 Å². The fourth-order valence-electron chi connectivity index (χ4n) is 2.58. The van der Waals surface area contributed by atoms with Gasteiger partial charge in [-0.25, -0.2) is 0 Å². The number of aromatic nitrogens is 2. The Hall–Kier alpha value is -2.14. The van der Waals surface area contributed by atoms with Crippen LogP contribution in [0.25, 0.3) is 0 Å². The van der Waals surface area contributed by atoms with Crippen LogP contribution in [-0.4, -0.2) is 34.8 Å². The van der Waals surface area contributed by atoms with Crippen molar-refractivity contribution in [2.75, 3.05) is 13.1 Å². The van der Waals surface area contributed by atoms with E-state index in [9.17, 15) is 4.79 Å². The molecule has 0 bridgehead atoms. The van der Waals surface area contributed by atoms with Crippen molar-refractivity contribution in [1.29, 1.82) is 0 Å². The van der Waals surface area contributed by atoms with E-state index in [0.29, 0.717) is 12.1 Å². The lowest BCUT2D eigenvalue weighted by atomic mass is 10.1. The molecule has 5 nitrogen and oxygen atoms in total. The summed E-state index contributed by atoms with van der Waals surface area (Å²) < 4.78 is 1.80. The molecule has 1 atom stereocenters. The van der Waals surface area contributed by atoms with Gasteiger partial charge in [0.1, 0.15) is 0 Å². The number of carbonyl (C=O) groups is 1. The van der Waals surface area contributed by atoms with Crippen LogP contribution in [0.3, 0.4) is 0 Å². The predicted octanol–water partition coefficient (Wildman–Crippen LogP) is 1.41. The predicted molar refractivity (Wildman–Crippen MR) is 81.1 cm³/mol. The maximum Gasteiger partial charge on any atom is 0.254 e. The van der Waals surface area contributed by atoms with Gasteiger partial charge in [0.05, 0.1) is 18.3 Å². The SMILES string of the molecule is O=C(N[C@@H]1CCCNC1)c1cnn(Cc2ccccc2)c1. The Morgan fingerprint density at radius 2 is 2.24 bits per heavy atom. The molecule has 0 spiro atoms. The Balaban J connectivity index is 1.60. The van der Waals surface area contributed by atoms with E-state index in [4.69, 9.17) is 0 Å². The van der Waals surface area contributed by atoms with Gasteiger partial charge >= 0.3 is 0 Å². The van der Waals surface area contributed by atoms with Gasteiger partial charge in [0, 0.05) is 18.8 Å². The number of benzene rings is 1. The van der Waals surface area contributed by atoms with Crippen molar-refractivity contribution in [3.63, 3.8) is 0 Å². The number of carbonyl (C=O) groups excluding carboxylic acids is 1. The van der Waals surface area contributed by atoms with Crippen LogP contribution < -0.4 is 10.6 Å². The Morgan fingerprint density at radius 1 is 1.38 bits per heavy atom. The molecule has 1 saturated heterocycles. The molecule has 0 saturated carbocycles. The molecule has 0 radical (unpaired) electrons. The van der Waals surface area contributed by atoms with E-state index in [-0.39, 0.29) is 11.9 Å². The molecule has 1 amide bonds. The first-order valence-electron chi connectivity index (χ1n) is 7.39. The van der Waals surface area contributed by atoms with Crippen LogP contribution >= 0.6 is 0 Å². The third-order valence-electron chi connectivity index (χ3n) is 3.71. The Morgan fingerprint density at radius 3 is 3.00 bits per heavy atom. The number of nitrogens with one attached hydrogen (secondary N) is 2. The Bertz CT molecular complexity index is 587. The summed E-state index contributed by atoms with van der Waals surface area (Å²) in [4.78, 5) is 12.2. The van der Waals surface area contributed by atoms with Crippen molar-refractivity contribution in [2.24, 2.45) is 0 Å². The van der Waals surface area contributed by atoms with Crippen molar-refractivity contribution < 1.29 is 4.79 Å². The molecule has 5 heteroatoms. The van der Waals surface area contributed by atoms with E-state index in [0.717, 1.165) is 25.9 Å². The highest BCUT2D eigenvalue weighted by atomic mass is 16.1. The normalized spacial score (nSPS) is 18.4. The van der Waals surface area contributed by atoms with E-state index in [2.05, 4.69) is 27.9 Å². The summed E-state index contributed by atoms with van der Waals surface area (Å²) in [6.45, 7) is 2.57. The van der Waals surface area contributed by atoms with Crippen molar-refractivity contribution >= 4 is 5.91 Å². The first kappa shape index (κ1) is 13.8. The number of rotatable bonds is 4. The van der Waals surface area contributed by atoms with Gasteiger partial charge in [-0.2, -0.15) is 5.10 Å². The van der Waals surface area contributed by atoms with Crippen LogP contribution in [0.4, 0.5) is 0 Å². The largest absolute Gasteiger partial charge is 0.348 e. The molecule has 21 heavy (non-hydrogen) atoms. The number of hydrogen-bond donors (Lipinski definition) is 2. The molecule has 1 aromatic heterocycles. The lowest BCUT2D eigenvalue weighted by Crippen LogP contribution is -2.45. The van der Waals surface area contributed by atoms with Gasteiger partial charge < -0.3 is 10.6 Å². The summed E-state index contributed by atoms with van der Waals surface area (Å²) in [5.41, 5.74) is 1.79. The van der Waals surface area contributed by atoms with Crippen LogP contribution in [0.5, 0.6) is 0 Å². The zero-order valence-corrected chi connectivity index (χ0v) is 12.0. The van der Waals surface area contributed by atoms with Crippen molar-refractivity contribution in [3.05, 3.63) is 53.9 Å². The summed E-state index contributed by atoms with van der Waals surface area (Å²) in [5.74, 6) is -0.0389. The number of nitrogens with zero attached hydrogens (tertiary/aromatic N) is 2. The standard InChI is InChI=1S/C16H20N4O/c21-16(19-15-7-4-8-17-10-15)14-9-18-20(12-14)11-13-5-2-1-3-6-13/h1-3,5-6,9,12,15,17H,4,7-8,10-11H2,(H,19,21)/t15-/m1/s1. The highest BCUT2D eigenvalue weighted by Crippen LogP contribution is 2.06. The van der Waals surface area contributed by atoms with Crippen molar-refractivity contribution in [3.8, 4) is 0 Å². The van der Waals surface area contributed by atoms with Crippen LogP contribution in [-0.2, 0) is 6.54 Å². The van der Waals surface area contributed by atoms with Crippen LogP contribution in [0.15, 0.2) is 42.7 Å². The van der Waals surface area contributed by atoms with Gasteiger partial charge in [-0.05, 0) is 24.9 Å². The molecule has 1 fully saturated rings. The molecule has 1 aliphatic heterocycles. The smallest absolute Gasteiger partial charge is 0.254 e. The van der Waals surface area contributed by atoms with Gasteiger partial charge in [-0.1, -0.05) is 30.3 Å². The minimum Gasteiger partial charge on any atom is -0.348 e. The molecule has 3 rings (SSSR count). The van der Waals surface area contributed by atoms with Crippen LogP contribution in [0.2, 0.25) is 0 Å². The molecule has 2 aromatic rings. The second kappa shape index (κ2) is 6.54. The maximum absolute atomic E-state index is 12.2. The van der Waals surface area contributed by atoms with Gasteiger partial charge in [-0.3, -0.25) is 9.48 Å². The van der Waals surface area contributed by atoms with E-state index >= 15 is 0 Å². The fourth-order valence-corrected chi connectivity index (χ4v) is 2.58. The molecular weight excluding hydrogens is 264 g/mol. The molecule has 2 heterocycles. The van der Waals surface area contributed by atoms with Crippen LogP contribution in [0.1, 0.15) is 28.8 Å². The third kappa shape index (κ3) is 3.70.